The highest BCUT2D eigenvalue weighted by molar-refractivity contribution is 6.30. The van der Waals surface area contributed by atoms with Crippen LogP contribution in [0.15, 0.2) is 97.5 Å². The lowest BCUT2D eigenvalue weighted by Crippen LogP contribution is -2.35. The number of carbonyl (C=O) groups is 1. The molecule has 0 unspecified atom stereocenters. The first kappa shape index (κ1) is 22.4. The van der Waals surface area contributed by atoms with Crippen LogP contribution in [0, 0.1) is 0 Å². The number of aromatic nitrogens is 2. The number of anilines is 1. The Morgan fingerprint density at radius 3 is 2.56 bits per heavy atom. The van der Waals surface area contributed by atoms with Crippen molar-refractivity contribution in [3.63, 3.8) is 0 Å². The number of hydrogen-bond donors (Lipinski definition) is 1. The number of aromatic amines is 1. The van der Waals surface area contributed by atoms with Crippen LogP contribution in [0.25, 0.3) is 21.9 Å². The Balaban J connectivity index is 1.39. The fourth-order valence-corrected chi connectivity index (χ4v) is 5.11. The number of fused-ring (bicyclic) bond motifs is 2. The van der Waals surface area contributed by atoms with Crippen molar-refractivity contribution in [2.45, 2.75) is 13.1 Å². The Bertz CT molecular complexity index is 1520. The number of H-pyrrole nitrogens is 1. The predicted octanol–water partition coefficient (Wildman–Crippen LogP) is 6.55. The topological polar surface area (TPSA) is 52.2 Å². The molecular formula is C30H25ClN4O. The Hall–Kier alpha value is -4.09. The lowest BCUT2D eigenvalue weighted by molar-refractivity contribution is 0.0753. The van der Waals surface area contributed by atoms with Crippen molar-refractivity contribution in [2.24, 2.45) is 0 Å². The third kappa shape index (κ3) is 4.34. The molecule has 4 aromatic carbocycles. The summed E-state index contributed by atoms with van der Waals surface area (Å²) in [5.41, 5.74) is 6.15. The van der Waals surface area contributed by atoms with Gasteiger partial charge in [0.15, 0.2) is 0 Å². The van der Waals surface area contributed by atoms with Crippen LogP contribution >= 0.6 is 11.6 Å². The average molecular weight is 493 g/mol. The second-order valence-electron chi connectivity index (χ2n) is 9.09. The Morgan fingerprint density at radius 2 is 1.72 bits per heavy atom. The molecule has 5 aromatic rings. The lowest BCUT2D eigenvalue weighted by Gasteiger charge is -2.24. The van der Waals surface area contributed by atoms with E-state index in [4.69, 9.17) is 11.6 Å². The third-order valence-corrected chi connectivity index (χ3v) is 7.07. The van der Waals surface area contributed by atoms with Gasteiger partial charge in [-0.15, -0.1) is 0 Å². The second-order valence-corrected chi connectivity index (χ2v) is 9.52. The number of imidazole rings is 1. The molecule has 1 amide bonds. The van der Waals surface area contributed by atoms with E-state index in [1.807, 2.05) is 77.8 Å². The van der Waals surface area contributed by atoms with Gasteiger partial charge < -0.3 is 14.8 Å². The number of nitrogens with one attached hydrogen (secondary N) is 1. The van der Waals surface area contributed by atoms with Crippen molar-refractivity contribution in [2.75, 3.05) is 18.0 Å². The largest absolute Gasteiger partial charge is 0.364 e. The van der Waals surface area contributed by atoms with Gasteiger partial charge in [-0.2, -0.15) is 0 Å². The van der Waals surface area contributed by atoms with E-state index in [1.165, 1.54) is 0 Å². The zero-order chi connectivity index (χ0) is 24.5. The van der Waals surface area contributed by atoms with Crippen LogP contribution in [-0.2, 0) is 13.1 Å². The molecule has 0 saturated heterocycles. The minimum absolute atomic E-state index is 0.0521. The van der Waals surface area contributed by atoms with E-state index in [9.17, 15) is 4.79 Å². The molecule has 0 bridgehead atoms. The number of benzene rings is 4. The van der Waals surface area contributed by atoms with Gasteiger partial charge in [-0.3, -0.25) is 4.79 Å². The number of amides is 1. The van der Waals surface area contributed by atoms with Gasteiger partial charge in [0.05, 0.1) is 18.6 Å². The molecular weight excluding hydrogens is 468 g/mol. The molecule has 1 aliphatic heterocycles. The van der Waals surface area contributed by atoms with Crippen LogP contribution in [0.3, 0.4) is 0 Å². The minimum Gasteiger partial charge on any atom is -0.364 e. The fourth-order valence-electron chi connectivity index (χ4n) is 4.98. The van der Waals surface area contributed by atoms with Crippen LogP contribution in [0.5, 0.6) is 0 Å². The molecule has 5 nitrogen and oxygen atoms in total. The van der Waals surface area contributed by atoms with Crippen LogP contribution in [-0.4, -0.2) is 33.9 Å². The SMILES string of the molecule is O=C(c1cccc2ccccc12)N1CCN(Cc2c[nH]cn2)c2ccc(-c3ccc(Cl)cc3)cc2C1. The van der Waals surface area contributed by atoms with E-state index in [0.29, 0.717) is 24.7 Å². The summed E-state index contributed by atoms with van der Waals surface area (Å²) in [5.74, 6) is 0.0521. The highest BCUT2D eigenvalue weighted by Crippen LogP contribution is 2.32. The maximum absolute atomic E-state index is 13.9. The quantitative estimate of drug-likeness (QED) is 0.309. The molecule has 0 radical (unpaired) electrons. The summed E-state index contributed by atoms with van der Waals surface area (Å²) in [7, 11) is 0. The first-order valence-corrected chi connectivity index (χ1v) is 12.4. The van der Waals surface area contributed by atoms with Gasteiger partial charge in [-0.05, 0) is 57.8 Å². The molecule has 1 aromatic heterocycles. The molecule has 0 fully saturated rings. The highest BCUT2D eigenvalue weighted by atomic mass is 35.5. The zero-order valence-electron chi connectivity index (χ0n) is 19.7. The van der Waals surface area contributed by atoms with Crippen molar-refractivity contribution in [3.8, 4) is 11.1 Å². The number of nitrogens with zero attached hydrogens (tertiary/aromatic N) is 3. The van der Waals surface area contributed by atoms with E-state index < -0.39 is 0 Å². The van der Waals surface area contributed by atoms with Gasteiger partial charge in [0.1, 0.15) is 0 Å². The molecule has 1 N–H and O–H groups in total. The Labute approximate surface area is 215 Å². The van der Waals surface area contributed by atoms with Gasteiger partial charge in [0.2, 0.25) is 0 Å². The molecule has 1 aliphatic rings. The Morgan fingerprint density at radius 1 is 0.917 bits per heavy atom. The normalized spacial score (nSPS) is 13.5. The standard InChI is InChI=1S/C30H25ClN4O/c31-25-11-8-21(9-12-25)23-10-13-29-24(16-23)18-35(15-14-34(29)19-26-17-32-20-33-26)30(36)28-7-3-5-22-4-1-2-6-27(22)28/h1-13,16-17,20H,14-15,18-19H2,(H,32,33). The second kappa shape index (κ2) is 9.51. The molecule has 6 heteroatoms. The molecule has 0 aliphatic carbocycles. The Kier molecular flexibility index (Phi) is 5.91. The van der Waals surface area contributed by atoms with E-state index in [0.717, 1.165) is 51.0 Å². The van der Waals surface area contributed by atoms with Crippen molar-refractivity contribution < 1.29 is 4.79 Å². The highest BCUT2D eigenvalue weighted by Gasteiger charge is 2.25. The lowest BCUT2D eigenvalue weighted by atomic mass is 10.0. The average Bonchev–Trinajstić information content (AvgIpc) is 3.36. The van der Waals surface area contributed by atoms with Gasteiger partial charge in [-0.1, -0.05) is 66.2 Å². The van der Waals surface area contributed by atoms with Crippen molar-refractivity contribution in [3.05, 3.63) is 119 Å². The van der Waals surface area contributed by atoms with Crippen LogP contribution in [0.2, 0.25) is 5.02 Å². The summed E-state index contributed by atoms with van der Waals surface area (Å²) in [5, 5.41) is 2.77. The van der Waals surface area contributed by atoms with Crippen LogP contribution in [0.1, 0.15) is 21.6 Å². The molecule has 178 valence electrons. The molecule has 0 spiro atoms. The summed E-state index contributed by atoms with van der Waals surface area (Å²) in [6.07, 6.45) is 3.62. The predicted molar refractivity (Wildman–Crippen MR) is 145 cm³/mol. The van der Waals surface area contributed by atoms with E-state index in [2.05, 4.69) is 33.1 Å². The molecule has 36 heavy (non-hydrogen) atoms. The van der Waals surface area contributed by atoms with Crippen LogP contribution in [0.4, 0.5) is 5.69 Å². The van der Waals surface area contributed by atoms with Crippen LogP contribution < -0.4 is 4.90 Å². The van der Waals surface area contributed by atoms with E-state index in [-0.39, 0.29) is 5.91 Å². The maximum Gasteiger partial charge on any atom is 0.254 e. The molecule has 2 heterocycles. The van der Waals surface area contributed by atoms with Gasteiger partial charge in [-0.25, -0.2) is 4.98 Å². The van der Waals surface area contributed by atoms with E-state index in [1.54, 1.807) is 6.33 Å². The summed E-state index contributed by atoms with van der Waals surface area (Å²) in [4.78, 5) is 25.6. The van der Waals surface area contributed by atoms with Gasteiger partial charge >= 0.3 is 0 Å². The number of rotatable bonds is 4. The monoisotopic (exact) mass is 492 g/mol. The third-order valence-electron chi connectivity index (χ3n) is 6.81. The van der Waals surface area contributed by atoms with Gasteiger partial charge in [0.25, 0.3) is 5.91 Å². The fraction of sp³-hybridized carbons (Fsp3) is 0.133. The number of carbonyl (C=O) groups excluding carboxylic acids is 1. The summed E-state index contributed by atoms with van der Waals surface area (Å²) in [6, 6.07) is 28.4. The minimum atomic E-state index is 0.0521. The molecule has 0 saturated carbocycles. The molecule has 6 rings (SSSR count). The van der Waals surface area contributed by atoms with Crippen molar-refractivity contribution in [1.29, 1.82) is 0 Å². The first-order chi connectivity index (χ1) is 17.7. The number of hydrogen-bond acceptors (Lipinski definition) is 3. The zero-order valence-corrected chi connectivity index (χ0v) is 20.4. The van der Waals surface area contributed by atoms with Crippen molar-refractivity contribution >= 4 is 34.0 Å². The first-order valence-electron chi connectivity index (χ1n) is 12.0. The summed E-state index contributed by atoms with van der Waals surface area (Å²) in [6.45, 7) is 2.55. The number of halogens is 1. The van der Waals surface area contributed by atoms with E-state index >= 15 is 0 Å². The summed E-state index contributed by atoms with van der Waals surface area (Å²) >= 11 is 6.12. The van der Waals surface area contributed by atoms with Gasteiger partial charge in [0, 0.05) is 42.1 Å². The summed E-state index contributed by atoms with van der Waals surface area (Å²) < 4.78 is 0. The maximum atomic E-state index is 13.9. The van der Waals surface area contributed by atoms with Crippen molar-refractivity contribution in [1.82, 2.24) is 14.9 Å². The molecule has 0 atom stereocenters. The smallest absolute Gasteiger partial charge is 0.254 e.